The lowest BCUT2D eigenvalue weighted by Crippen LogP contribution is -2.03. The first-order valence-corrected chi connectivity index (χ1v) is 4.47. The number of carbonyl (C=O) groups is 1. The maximum Gasteiger partial charge on any atom is 0.337 e. The number of carboxylic acids is 1. The van der Waals surface area contributed by atoms with Crippen LogP contribution in [-0.2, 0) is 0 Å². The Kier molecular flexibility index (Phi) is 1.91. The van der Waals surface area contributed by atoms with E-state index in [0.29, 0.717) is 11.5 Å². The zero-order valence-corrected chi connectivity index (χ0v) is 7.53. The van der Waals surface area contributed by atoms with Gasteiger partial charge in [-0.3, -0.25) is 0 Å². The van der Waals surface area contributed by atoms with Crippen molar-refractivity contribution in [2.24, 2.45) is 0 Å². The van der Waals surface area contributed by atoms with Gasteiger partial charge in [-0.15, -0.1) is 0 Å². The van der Waals surface area contributed by atoms with Gasteiger partial charge in [0.1, 0.15) is 0 Å². The number of nitrogens with zero attached hydrogens (tertiary/aromatic N) is 1. The van der Waals surface area contributed by atoms with Crippen molar-refractivity contribution in [3.63, 3.8) is 0 Å². The summed E-state index contributed by atoms with van der Waals surface area (Å²) in [5.41, 5.74) is 1.53. The molecule has 2 rings (SSSR count). The maximum absolute atomic E-state index is 10.7. The summed E-state index contributed by atoms with van der Waals surface area (Å²) in [6.45, 7) is 1.91. The highest BCUT2D eigenvalue weighted by Crippen LogP contribution is 2.40. The smallest absolute Gasteiger partial charge is 0.337 e. The average molecular weight is 176 g/mol. The normalized spacial score (nSPS) is 15.8. The van der Waals surface area contributed by atoms with Gasteiger partial charge in [0.25, 0.3) is 0 Å². The molecule has 0 aliphatic heterocycles. The molecule has 1 aliphatic rings. The van der Waals surface area contributed by atoms with E-state index in [0.717, 1.165) is 5.69 Å². The zero-order valence-electron chi connectivity index (χ0n) is 7.53. The third kappa shape index (κ3) is 1.48. The van der Waals surface area contributed by atoms with Gasteiger partial charge in [0.05, 0.1) is 5.56 Å². The van der Waals surface area contributed by atoms with Gasteiger partial charge in [-0.1, -0.05) is 6.82 Å². The van der Waals surface area contributed by atoms with Crippen molar-refractivity contribution in [3.05, 3.63) is 23.5 Å². The predicted molar refractivity (Wildman–Crippen MR) is 50.4 cm³/mol. The quantitative estimate of drug-likeness (QED) is 0.710. The summed E-state index contributed by atoms with van der Waals surface area (Å²) in [6, 6.07) is 1.78. The number of hydrogen-bond acceptors (Lipinski definition) is 1. The Hall–Kier alpha value is -1.19. The van der Waals surface area contributed by atoms with Gasteiger partial charge in [-0.2, -0.15) is 0 Å². The van der Waals surface area contributed by atoms with Crippen LogP contribution < -0.4 is 0 Å². The third-order valence-electron chi connectivity index (χ3n) is 2.40. The number of carboxylic acid groups (broad SMARTS) is 1. The molecule has 1 saturated carbocycles. The minimum Gasteiger partial charge on any atom is -0.478 e. The molecule has 67 valence electrons. The van der Waals surface area contributed by atoms with Crippen LogP contribution in [0.4, 0.5) is 0 Å². The molecule has 1 radical (unpaired) electrons. The minimum absolute atomic E-state index is 0.389. The highest BCUT2D eigenvalue weighted by atomic mass is 16.4. The highest BCUT2D eigenvalue weighted by Gasteiger charge is 2.27. The van der Waals surface area contributed by atoms with Crippen molar-refractivity contribution < 1.29 is 9.90 Å². The Balaban J connectivity index is 2.36. The van der Waals surface area contributed by atoms with Crippen molar-refractivity contribution in [2.75, 3.05) is 0 Å². The molecule has 0 saturated heterocycles. The van der Waals surface area contributed by atoms with E-state index in [1.165, 1.54) is 12.8 Å². The van der Waals surface area contributed by atoms with Crippen molar-refractivity contribution in [2.45, 2.75) is 25.6 Å². The van der Waals surface area contributed by atoms with Crippen LogP contribution in [0, 0.1) is 0 Å². The van der Waals surface area contributed by atoms with Crippen molar-refractivity contribution in [1.82, 2.24) is 4.48 Å². The van der Waals surface area contributed by atoms with E-state index < -0.39 is 5.97 Å². The molecule has 1 aliphatic carbocycles. The van der Waals surface area contributed by atoms with Gasteiger partial charge in [-0.05, 0) is 24.8 Å². The first-order valence-electron chi connectivity index (χ1n) is 4.47. The first kappa shape index (κ1) is 8.41. The van der Waals surface area contributed by atoms with E-state index in [4.69, 9.17) is 5.11 Å². The van der Waals surface area contributed by atoms with Gasteiger partial charge >= 0.3 is 5.97 Å². The van der Waals surface area contributed by atoms with Gasteiger partial charge in [0.15, 0.2) is 0 Å². The fraction of sp³-hybridized carbons (Fsp3) is 0.444. The van der Waals surface area contributed by atoms with Gasteiger partial charge in [0, 0.05) is 11.9 Å². The molecule has 0 atom stereocenters. The Labute approximate surface area is 77.6 Å². The van der Waals surface area contributed by atoms with E-state index >= 15 is 0 Å². The molecule has 3 nitrogen and oxygen atoms in total. The van der Waals surface area contributed by atoms with Gasteiger partial charge in [-0.25, -0.2) is 4.79 Å². The van der Waals surface area contributed by atoms with Crippen LogP contribution in [0.2, 0.25) is 6.82 Å². The second-order valence-electron chi connectivity index (χ2n) is 3.40. The summed E-state index contributed by atoms with van der Waals surface area (Å²) in [4.78, 5) is 10.7. The Morgan fingerprint density at radius 3 is 2.85 bits per heavy atom. The predicted octanol–water partition coefficient (Wildman–Crippen LogP) is 1.58. The SMILES string of the molecule is C[B]n1cc(C(=O)O)cc1C1CC1. The molecule has 0 aromatic carbocycles. The van der Waals surface area contributed by atoms with Gasteiger partial charge < -0.3 is 9.58 Å². The van der Waals surface area contributed by atoms with E-state index in [9.17, 15) is 4.79 Å². The molecular formula is C9H11BNO2. The van der Waals surface area contributed by atoms with E-state index in [-0.39, 0.29) is 0 Å². The monoisotopic (exact) mass is 176 g/mol. The second-order valence-corrected chi connectivity index (χ2v) is 3.40. The summed E-state index contributed by atoms with van der Waals surface area (Å²) < 4.78 is 1.92. The van der Waals surface area contributed by atoms with Crippen LogP contribution in [0.25, 0.3) is 0 Å². The Morgan fingerprint density at radius 1 is 1.69 bits per heavy atom. The fourth-order valence-electron chi connectivity index (χ4n) is 1.54. The van der Waals surface area contributed by atoms with Crippen molar-refractivity contribution >= 4 is 13.4 Å². The van der Waals surface area contributed by atoms with Crippen LogP contribution >= 0.6 is 0 Å². The van der Waals surface area contributed by atoms with Crippen molar-refractivity contribution in [1.29, 1.82) is 0 Å². The van der Waals surface area contributed by atoms with Crippen LogP contribution in [0.5, 0.6) is 0 Å². The largest absolute Gasteiger partial charge is 0.478 e. The molecule has 0 amide bonds. The summed E-state index contributed by atoms with van der Waals surface area (Å²) >= 11 is 0. The molecule has 13 heavy (non-hydrogen) atoms. The molecule has 0 unspecified atom stereocenters. The highest BCUT2D eigenvalue weighted by molar-refractivity contribution is 6.32. The summed E-state index contributed by atoms with van der Waals surface area (Å²) in [5.74, 6) is -0.258. The van der Waals surface area contributed by atoms with Crippen molar-refractivity contribution in [3.8, 4) is 0 Å². The molecule has 0 spiro atoms. The lowest BCUT2D eigenvalue weighted by Gasteiger charge is -2.01. The first-order chi connectivity index (χ1) is 6.22. The summed E-state index contributed by atoms with van der Waals surface area (Å²) in [5, 5.41) is 8.79. The summed E-state index contributed by atoms with van der Waals surface area (Å²) in [6.07, 6.45) is 4.06. The minimum atomic E-state index is -0.845. The maximum atomic E-state index is 10.7. The molecule has 4 heteroatoms. The molecule has 0 bridgehead atoms. The van der Waals surface area contributed by atoms with Gasteiger partial charge in [0.2, 0.25) is 7.41 Å². The van der Waals surface area contributed by atoms with E-state index in [1.54, 1.807) is 12.3 Å². The molecule has 1 fully saturated rings. The number of aromatic carboxylic acids is 1. The number of rotatable bonds is 3. The molecule has 1 aromatic heterocycles. The van der Waals surface area contributed by atoms with Crippen LogP contribution in [-0.4, -0.2) is 23.0 Å². The topological polar surface area (TPSA) is 42.2 Å². The second kappa shape index (κ2) is 2.94. The summed E-state index contributed by atoms with van der Waals surface area (Å²) in [7, 11) is 1.90. The average Bonchev–Trinajstić information content (AvgIpc) is 2.84. The zero-order chi connectivity index (χ0) is 9.42. The number of aromatic nitrogens is 1. The number of hydrogen-bond donors (Lipinski definition) is 1. The van der Waals surface area contributed by atoms with Crippen LogP contribution in [0.15, 0.2) is 12.3 Å². The lowest BCUT2D eigenvalue weighted by molar-refractivity contribution is 0.0697. The Bertz CT molecular complexity index is 341. The van der Waals surface area contributed by atoms with Crippen LogP contribution in [0.3, 0.4) is 0 Å². The molecule has 1 aromatic rings. The van der Waals surface area contributed by atoms with E-state index in [2.05, 4.69) is 0 Å². The van der Waals surface area contributed by atoms with E-state index in [1.807, 2.05) is 18.7 Å². The fourth-order valence-corrected chi connectivity index (χ4v) is 1.54. The molecule has 1 heterocycles. The molecule has 1 N–H and O–H groups in total. The Morgan fingerprint density at radius 2 is 2.38 bits per heavy atom. The lowest BCUT2D eigenvalue weighted by atomic mass is 9.99. The third-order valence-corrected chi connectivity index (χ3v) is 2.40. The standard InChI is InChI=1S/C9H11BNO2/c1-10-11-5-7(9(12)13)4-8(11)6-2-3-6/h4-6H,2-3H2,1H3,(H,12,13). The van der Waals surface area contributed by atoms with Crippen LogP contribution in [0.1, 0.15) is 34.8 Å². The molecular weight excluding hydrogens is 165 g/mol.